The molecule has 0 spiro atoms. The lowest BCUT2D eigenvalue weighted by atomic mass is 10.2. The number of hydrogen-bond donors (Lipinski definition) is 2. The van der Waals surface area contributed by atoms with Crippen molar-refractivity contribution in [3.8, 4) is 0 Å². The van der Waals surface area contributed by atoms with Crippen LogP contribution in [0.1, 0.15) is 16.1 Å². The zero-order valence-electron chi connectivity index (χ0n) is 15.0. The molecule has 1 amide bonds. The Morgan fingerprint density at radius 2 is 1.93 bits per heavy atom. The molecule has 1 aliphatic rings. The van der Waals surface area contributed by atoms with Gasteiger partial charge in [-0.05, 0) is 30.3 Å². The Balaban J connectivity index is 1.52. The number of ether oxygens (including phenoxy) is 1. The van der Waals surface area contributed by atoms with Crippen LogP contribution >= 0.6 is 0 Å². The summed E-state index contributed by atoms with van der Waals surface area (Å²) in [7, 11) is 0. The lowest BCUT2D eigenvalue weighted by Crippen LogP contribution is -2.39. The van der Waals surface area contributed by atoms with Crippen molar-refractivity contribution < 1.29 is 22.7 Å². The van der Waals surface area contributed by atoms with Gasteiger partial charge in [-0.15, -0.1) is 10.2 Å². The number of hydrogen-bond acceptors (Lipinski definition) is 6. The van der Waals surface area contributed by atoms with Gasteiger partial charge in [-0.3, -0.25) is 9.69 Å². The second kappa shape index (κ2) is 8.98. The van der Waals surface area contributed by atoms with Crippen molar-refractivity contribution in [2.45, 2.75) is 6.18 Å². The summed E-state index contributed by atoms with van der Waals surface area (Å²) in [6.07, 6.45) is -4.48. The molecule has 0 radical (unpaired) electrons. The number of benzene rings is 1. The van der Waals surface area contributed by atoms with E-state index >= 15 is 0 Å². The highest BCUT2D eigenvalue weighted by Gasteiger charge is 2.30. The van der Waals surface area contributed by atoms with Crippen LogP contribution in [0.4, 0.5) is 24.7 Å². The minimum absolute atomic E-state index is 0.0103. The Kier molecular flexibility index (Phi) is 6.42. The van der Waals surface area contributed by atoms with Crippen LogP contribution < -0.4 is 10.6 Å². The molecule has 0 unspecified atom stereocenters. The maximum Gasteiger partial charge on any atom is 0.416 e. The van der Waals surface area contributed by atoms with Crippen molar-refractivity contribution in [3.63, 3.8) is 0 Å². The van der Waals surface area contributed by atoms with Crippen LogP contribution in [0.2, 0.25) is 0 Å². The number of halogens is 3. The van der Waals surface area contributed by atoms with Crippen LogP contribution in [0.3, 0.4) is 0 Å². The molecule has 10 heteroatoms. The molecule has 1 aromatic heterocycles. The van der Waals surface area contributed by atoms with E-state index in [0.717, 1.165) is 45.0 Å². The molecule has 2 heterocycles. The van der Waals surface area contributed by atoms with Gasteiger partial charge in [0, 0.05) is 31.9 Å². The summed E-state index contributed by atoms with van der Waals surface area (Å²) >= 11 is 0. The molecule has 0 bridgehead atoms. The van der Waals surface area contributed by atoms with Gasteiger partial charge >= 0.3 is 6.18 Å². The first-order valence-electron chi connectivity index (χ1n) is 8.78. The maximum absolute atomic E-state index is 12.7. The summed E-state index contributed by atoms with van der Waals surface area (Å²) in [6.45, 7) is 4.75. The van der Waals surface area contributed by atoms with E-state index in [1.54, 1.807) is 6.07 Å². The highest BCUT2D eigenvalue weighted by molar-refractivity contribution is 6.02. The van der Waals surface area contributed by atoms with E-state index in [9.17, 15) is 18.0 Å². The second-order valence-electron chi connectivity index (χ2n) is 6.22. The average molecular weight is 395 g/mol. The summed E-state index contributed by atoms with van der Waals surface area (Å²) < 4.78 is 43.5. The monoisotopic (exact) mass is 395 g/mol. The fourth-order valence-electron chi connectivity index (χ4n) is 2.68. The number of alkyl halides is 3. The van der Waals surface area contributed by atoms with Crippen LogP contribution in [0.15, 0.2) is 36.4 Å². The number of aromatic nitrogens is 2. The van der Waals surface area contributed by atoms with Crippen molar-refractivity contribution in [1.82, 2.24) is 15.1 Å². The number of morpholine rings is 1. The minimum Gasteiger partial charge on any atom is -0.379 e. The van der Waals surface area contributed by atoms with Crippen molar-refractivity contribution >= 4 is 17.4 Å². The smallest absolute Gasteiger partial charge is 0.379 e. The number of anilines is 2. The Morgan fingerprint density at radius 3 is 2.61 bits per heavy atom. The third kappa shape index (κ3) is 5.64. The fraction of sp³-hybridized carbons (Fsp3) is 0.389. The standard InChI is InChI=1S/C18H20F3N5O2/c19-18(20,21)13-2-1-3-14(12-13)23-17(27)15-4-5-16(25-24-15)22-6-7-26-8-10-28-11-9-26/h1-5,12H,6-11H2,(H,22,25)(H,23,27). The predicted octanol–water partition coefficient (Wildman–Crippen LogP) is 2.49. The molecule has 3 rings (SSSR count). The molecule has 1 fully saturated rings. The number of nitrogens with zero attached hydrogens (tertiary/aromatic N) is 3. The molecule has 2 N–H and O–H groups in total. The largest absolute Gasteiger partial charge is 0.416 e. The van der Waals surface area contributed by atoms with Gasteiger partial charge in [0.05, 0.1) is 18.8 Å². The van der Waals surface area contributed by atoms with Gasteiger partial charge in [0.1, 0.15) is 5.82 Å². The number of amides is 1. The second-order valence-corrected chi connectivity index (χ2v) is 6.22. The number of carbonyl (C=O) groups is 1. The number of nitrogens with one attached hydrogen (secondary N) is 2. The molecule has 150 valence electrons. The van der Waals surface area contributed by atoms with Crippen molar-refractivity contribution in [2.24, 2.45) is 0 Å². The molecule has 7 nitrogen and oxygen atoms in total. The van der Waals surface area contributed by atoms with E-state index in [-0.39, 0.29) is 11.4 Å². The van der Waals surface area contributed by atoms with Gasteiger partial charge in [0.25, 0.3) is 5.91 Å². The molecule has 0 atom stereocenters. The Morgan fingerprint density at radius 1 is 1.14 bits per heavy atom. The maximum atomic E-state index is 12.7. The third-order valence-electron chi connectivity index (χ3n) is 4.18. The number of rotatable bonds is 6. The van der Waals surface area contributed by atoms with Gasteiger partial charge < -0.3 is 15.4 Å². The van der Waals surface area contributed by atoms with Gasteiger partial charge in [0.15, 0.2) is 5.69 Å². The van der Waals surface area contributed by atoms with Crippen molar-refractivity contribution in [2.75, 3.05) is 50.0 Å². The molecule has 0 saturated carbocycles. The summed E-state index contributed by atoms with van der Waals surface area (Å²) in [5, 5.41) is 13.3. The number of carbonyl (C=O) groups excluding carboxylic acids is 1. The topological polar surface area (TPSA) is 79.4 Å². The van der Waals surface area contributed by atoms with Crippen LogP contribution in [0.5, 0.6) is 0 Å². The normalized spacial score (nSPS) is 15.2. The van der Waals surface area contributed by atoms with Crippen LogP contribution in [-0.4, -0.2) is 60.4 Å². The van der Waals surface area contributed by atoms with Crippen LogP contribution in [-0.2, 0) is 10.9 Å². The lowest BCUT2D eigenvalue weighted by Gasteiger charge is -2.26. The van der Waals surface area contributed by atoms with Gasteiger partial charge in [-0.1, -0.05) is 6.07 Å². The summed E-state index contributed by atoms with van der Waals surface area (Å²) in [5.74, 6) is -0.115. The Hall–Kier alpha value is -2.72. The zero-order valence-corrected chi connectivity index (χ0v) is 15.0. The van der Waals surface area contributed by atoms with Crippen LogP contribution in [0, 0.1) is 0 Å². The first-order valence-corrected chi connectivity index (χ1v) is 8.78. The van der Waals surface area contributed by atoms with Gasteiger partial charge in [-0.2, -0.15) is 13.2 Å². The molecule has 1 aliphatic heterocycles. The quantitative estimate of drug-likeness (QED) is 0.783. The van der Waals surface area contributed by atoms with Crippen molar-refractivity contribution in [3.05, 3.63) is 47.7 Å². The van der Waals surface area contributed by atoms with Crippen LogP contribution in [0.25, 0.3) is 0 Å². The first-order chi connectivity index (χ1) is 13.4. The zero-order chi connectivity index (χ0) is 20.0. The Bertz CT molecular complexity index is 793. The van der Waals surface area contributed by atoms with Gasteiger partial charge in [-0.25, -0.2) is 0 Å². The lowest BCUT2D eigenvalue weighted by molar-refractivity contribution is -0.137. The van der Waals surface area contributed by atoms with E-state index in [1.807, 2.05) is 0 Å². The van der Waals surface area contributed by atoms with E-state index in [2.05, 4.69) is 25.7 Å². The van der Waals surface area contributed by atoms with E-state index in [1.165, 1.54) is 18.2 Å². The highest BCUT2D eigenvalue weighted by Crippen LogP contribution is 2.30. The molecule has 28 heavy (non-hydrogen) atoms. The molecule has 1 saturated heterocycles. The average Bonchev–Trinajstić information content (AvgIpc) is 2.69. The molecule has 0 aliphatic carbocycles. The van der Waals surface area contributed by atoms with Crippen molar-refractivity contribution in [1.29, 1.82) is 0 Å². The predicted molar refractivity (Wildman–Crippen MR) is 97.2 cm³/mol. The highest BCUT2D eigenvalue weighted by atomic mass is 19.4. The third-order valence-corrected chi connectivity index (χ3v) is 4.18. The summed E-state index contributed by atoms with van der Waals surface area (Å²) in [6, 6.07) is 7.48. The Labute approximate surface area is 159 Å². The molecular weight excluding hydrogens is 375 g/mol. The van der Waals surface area contributed by atoms with E-state index in [0.29, 0.717) is 12.4 Å². The SMILES string of the molecule is O=C(Nc1cccc(C(F)(F)F)c1)c1ccc(NCCN2CCOCC2)nn1. The minimum atomic E-state index is -4.48. The molecule has 1 aromatic carbocycles. The summed E-state index contributed by atoms with van der Waals surface area (Å²) in [4.78, 5) is 14.4. The van der Waals surface area contributed by atoms with Gasteiger partial charge in [0.2, 0.25) is 0 Å². The fourth-order valence-corrected chi connectivity index (χ4v) is 2.68. The molecule has 2 aromatic rings. The van der Waals surface area contributed by atoms with E-state index in [4.69, 9.17) is 4.74 Å². The first kappa shape index (κ1) is 20.0. The summed E-state index contributed by atoms with van der Waals surface area (Å²) in [5.41, 5.74) is -0.790. The van der Waals surface area contributed by atoms with E-state index < -0.39 is 17.6 Å². The molecular formula is C18H20F3N5O2.